The fraction of sp³-hybridized carbons (Fsp3) is 0.538. The first-order valence-electron chi connectivity index (χ1n) is 6.23. The Bertz CT molecular complexity index is 432. The molecule has 4 nitrogen and oxygen atoms in total. The summed E-state index contributed by atoms with van der Waals surface area (Å²) in [5.41, 5.74) is 0.896. The van der Waals surface area contributed by atoms with E-state index in [0.29, 0.717) is 24.2 Å². The minimum Gasteiger partial charge on any atom is -0.486 e. The summed E-state index contributed by atoms with van der Waals surface area (Å²) in [6, 6.07) is 3.72. The Labute approximate surface area is 111 Å². The van der Waals surface area contributed by atoms with Crippen LogP contribution in [0.1, 0.15) is 6.42 Å². The van der Waals surface area contributed by atoms with Crippen LogP contribution in [0.5, 0.6) is 11.5 Å². The SMILES string of the molecule is Clc1cc2c(cc1NCC1CCOC1)OCCO2. The molecule has 1 atom stereocenters. The first-order valence-corrected chi connectivity index (χ1v) is 6.61. The van der Waals surface area contributed by atoms with Crippen LogP contribution in [0.2, 0.25) is 5.02 Å². The quantitative estimate of drug-likeness (QED) is 0.915. The van der Waals surface area contributed by atoms with Crippen molar-refractivity contribution in [3.63, 3.8) is 0 Å². The van der Waals surface area contributed by atoms with Crippen molar-refractivity contribution in [2.75, 3.05) is 38.3 Å². The van der Waals surface area contributed by atoms with Crippen molar-refractivity contribution in [1.29, 1.82) is 0 Å². The van der Waals surface area contributed by atoms with E-state index < -0.39 is 0 Å². The minimum atomic E-state index is 0.564. The van der Waals surface area contributed by atoms with Gasteiger partial charge in [-0.05, 0) is 6.42 Å². The number of halogens is 1. The maximum Gasteiger partial charge on any atom is 0.163 e. The average Bonchev–Trinajstić information content (AvgIpc) is 2.89. The first kappa shape index (κ1) is 11.9. The van der Waals surface area contributed by atoms with Gasteiger partial charge in [-0.3, -0.25) is 0 Å². The average molecular weight is 270 g/mol. The molecule has 0 aliphatic carbocycles. The summed E-state index contributed by atoms with van der Waals surface area (Å²) < 4.78 is 16.4. The van der Waals surface area contributed by atoms with Crippen molar-refractivity contribution in [3.8, 4) is 11.5 Å². The molecule has 18 heavy (non-hydrogen) atoms. The topological polar surface area (TPSA) is 39.7 Å². The van der Waals surface area contributed by atoms with Crippen LogP contribution < -0.4 is 14.8 Å². The van der Waals surface area contributed by atoms with Crippen molar-refractivity contribution < 1.29 is 14.2 Å². The third-order valence-electron chi connectivity index (χ3n) is 3.24. The summed E-state index contributed by atoms with van der Waals surface area (Å²) in [5.74, 6) is 2.05. The van der Waals surface area contributed by atoms with Gasteiger partial charge in [0.15, 0.2) is 11.5 Å². The minimum absolute atomic E-state index is 0.564. The number of hydrogen-bond acceptors (Lipinski definition) is 4. The molecule has 0 saturated carbocycles. The Hall–Kier alpha value is -1.13. The highest BCUT2D eigenvalue weighted by Crippen LogP contribution is 2.38. The number of fused-ring (bicyclic) bond motifs is 1. The summed E-state index contributed by atoms with van der Waals surface area (Å²) in [4.78, 5) is 0. The number of anilines is 1. The first-order chi connectivity index (χ1) is 8.83. The molecule has 2 aliphatic heterocycles. The zero-order chi connectivity index (χ0) is 12.4. The monoisotopic (exact) mass is 269 g/mol. The third kappa shape index (κ3) is 2.49. The Morgan fingerprint density at radius 2 is 1.94 bits per heavy atom. The highest BCUT2D eigenvalue weighted by Gasteiger charge is 2.18. The summed E-state index contributed by atoms with van der Waals surface area (Å²) in [7, 11) is 0. The van der Waals surface area contributed by atoms with Crippen LogP contribution in [-0.2, 0) is 4.74 Å². The van der Waals surface area contributed by atoms with Crippen LogP contribution in [0.15, 0.2) is 12.1 Å². The van der Waals surface area contributed by atoms with Crippen LogP contribution >= 0.6 is 11.6 Å². The smallest absolute Gasteiger partial charge is 0.163 e. The fourth-order valence-electron chi connectivity index (χ4n) is 2.20. The lowest BCUT2D eigenvalue weighted by Crippen LogP contribution is -2.17. The normalized spacial score (nSPS) is 21.9. The highest BCUT2D eigenvalue weighted by atomic mass is 35.5. The van der Waals surface area contributed by atoms with E-state index >= 15 is 0 Å². The summed E-state index contributed by atoms with van der Waals surface area (Å²) in [6.07, 6.45) is 1.11. The molecule has 0 amide bonds. The lowest BCUT2D eigenvalue weighted by Gasteiger charge is -2.20. The Morgan fingerprint density at radius 1 is 1.17 bits per heavy atom. The molecule has 0 aromatic heterocycles. The van der Waals surface area contributed by atoms with Gasteiger partial charge in [0.05, 0.1) is 17.3 Å². The van der Waals surface area contributed by atoms with Gasteiger partial charge in [-0.25, -0.2) is 0 Å². The molecule has 2 aliphatic rings. The maximum absolute atomic E-state index is 6.22. The van der Waals surface area contributed by atoms with Crippen LogP contribution in [0, 0.1) is 5.92 Å². The number of hydrogen-bond donors (Lipinski definition) is 1. The molecular formula is C13H16ClNO3. The molecule has 0 bridgehead atoms. The third-order valence-corrected chi connectivity index (χ3v) is 3.55. The molecule has 1 aromatic carbocycles. The van der Waals surface area contributed by atoms with Gasteiger partial charge in [0, 0.05) is 31.2 Å². The Morgan fingerprint density at radius 3 is 2.67 bits per heavy atom. The second-order valence-corrected chi connectivity index (χ2v) is 4.99. The zero-order valence-corrected chi connectivity index (χ0v) is 10.8. The number of benzene rings is 1. The standard InChI is InChI=1S/C13H16ClNO3/c14-10-5-12-13(18-4-3-17-12)6-11(10)15-7-9-1-2-16-8-9/h5-6,9,15H,1-4,7-8H2. The Balaban J connectivity index is 1.70. The van der Waals surface area contributed by atoms with E-state index in [1.165, 1.54) is 0 Å². The largest absolute Gasteiger partial charge is 0.486 e. The number of ether oxygens (including phenoxy) is 3. The van der Waals surface area contributed by atoms with Crippen molar-refractivity contribution in [3.05, 3.63) is 17.2 Å². The van der Waals surface area contributed by atoms with E-state index in [1.54, 1.807) is 0 Å². The van der Waals surface area contributed by atoms with Crippen LogP contribution in [-0.4, -0.2) is 33.0 Å². The molecular weight excluding hydrogens is 254 g/mol. The highest BCUT2D eigenvalue weighted by molar-refractivity contribution is 6.33. The molecule has 98 valence electrons. The van der Waals surface area contributed by atoms with Crippen LogP contribution in [0.4, 0.5) is 5.69 Å². The van der Waals surface area contributed by atoms with Gasteiger partial charge in [-0.15, -0.1) is 0 Å². The van der Waals surface area contributed by atoms with Crippen molar-refractivity contribution in [1.82, 2.24) is 0 Å². The van der Waals surface area contributed by atoms with Crippen molar-refractivity contribution >= 4 is 17.3 Å². The maximum atomic E-state index is 6.22. The summed E-state index contributed by atoms with van der Waals surface area (Å²) in [6.45, 7) is 3.73. The van der Waals surface area contributed by atoms with Gasteiger partial charge >= 0.3 is 0 Å². The molecule has 5 heteroatoms. The van der Waals surface area contributed by atoms with E-state index in [9.17, 15) is 0 Å². The van der Waals surface area contributed by atoms with E-state index in [2.05, 4.69) is 5.32 Å². The zero-order valence-electron chi connectivity index (χ0n) is 10.1. The molecule has 2 heterocycles. The van der Waals surface area contributed by atoms with Gasteiger partial charge in [-0.2, -0.15) is 0 Å². The second kappa shape index (κ2) is 5.24. The van der Waals surface area contributed by atoms with E-state index in [-0.39, 0.29) is 0 Å². The van der Waals surface area contributed by atoms with Gasteiger partial charge < -0.3 is 19.5 Å². The number of nitrogens with one attached hydrogen (secondary N) is 1. The van der Waals surface area contributed by atoms with E-state index in [4.69, 9.17) is 25.8 Å². The van der Waals surface area contributed by atoms with Crippen LogP contribution in [0.3, 0.4) is 0 Å². The fourth-order valence-corrected chi connectivity index (χ4v) is 2.42. The summed E-state index contributed by atoms with van der Waals surface area (Å²) in [5, 5.41) is 4.02. The molecule has 3 rings (SSSR count). The molecule has 1 unspecified atom stereocenters. The van der Waals surface area contributed by atoms with Crippen molar-refractivity contribution in [2.45, 2.75) is 6.42 Å². The van der Waals surface area contributed by atoms with Crippen LogP contribution in [0.25, 0.3) is 0 Å². The van der Waals surface area contributed by atoms with E-state index in [0.717, 1.165) is 43.4 Å². The van der Waals surface area contributed by atoms with Crippen molar-refractivity contribution in [2.24, 2.45) is 5.92 Å². The summed E-state index contributed by atoms with van der Waals surface area (Å²) >= 11 is 6.22. The van der Waals surface area contributed by atoms with E-state index in [1.807, 2.05) is 12.1 Å². The predicted octanol–water partition coefficient (Wildman–Crippen LogP) is 2.56. The van der Waals surface area contributed by atoms with Gasteiger partial charge in [0.25, 0.3) is 0 Å². The lowest BCUT2D eigenvalue weighted by atomic mass is 10.1. The number of rotatable bonds is 3. The molecule has 1 fully saturated rings. The molecule has 1 saturated heterocycles. The Kier molecular flexibility index (Phi) is 3.48. The van der Waals surface area contributed by atoms with Gasteiger partial charge in [0.2, 0.25) is 0 Å². The lowest BCUT2D eigenvalue weighted by molar-refractivity contribution is 0.171. The molecule has 0 spiro atoms. The second-order valence-electron chi connectivity index (χ2n) is 4.59. The molecule has 0 radical (unpaired) electrons. The predicted molar refractivity (Wildman–Crippen MR) is 69.9 cm³/mol. The molecule has 1 N–H and O–H groups in total. The van der Waals surface area contributed by atoms with Gasteiger partial charge in [0.1, 0.15) is 13.2 Å². The molecule has 1 aromatic rings. The van der Waals surface area contributed by atoms with Gasteiger partial charge in [-0.1, -0.05) is 11.6 Å².